The first-order chi connectivity index (χ1) is 7.38. The van der Waals surface area contributed by atoms with Gasteiger partial charge in [-0.25, -0.2) is 0 Å². The summed E-state index contributed by atoms with van der Waals surface area (Å²) in [5.41, 5.74) is 5.70. The number of hydrogen-bond acceptors (Lipinski definition) is 4. The molecule has 0 aromatic rings. The fourth-order valence-electron chi connectivity index (χ4n) is 2.22. The van der Waals surface area contributed by atoms with Crippen molar-refractivity contribution >= 4 is 0 Å². The molecule has 0 aromatic heterocycles. The monoisotopic (exact) mass is 216 g/mol. The van der Waals surface area contributed by atoms with Gasteiger partial charge in [0.15, 0.2) is 0 Å². The van der Waals surface area contributed by atoms with Crippen LogP contribution >= 0.6 is 0 Å². The molecule has 0 saturated heterocycles. The van der Waals surface area contributed by atoms with E-state index in [2.05, 4.69) is 5.32 Å². The van der Waals surface area contributed by atoms with E-state index in [9.17, 15) is 0 Å². The summed E-state index contributed by atoms with van der Waals surface area (Å²) < 4.78 is 5.19. The predicted octanol–water partition coefficient (Wildman–Crippen LogP) is 0.102. The molecule has 1 saturated carbocycles. The zero-order valence-electron chi connectivity index (χ0n) is 9.45. The first kappa shape index (κ1) is 12.9. The second-order valence-corrected chi connectivity index (χ2v) is 4.18. The maximum absolute atomic E-state index is 8.51. The maximum atomic E-state index is 8.51. The van der Waals surface area contributed by atoms with Gasteiger partial charge in [-0.2, -0.15) is 0 Å². The lowest BCUT2D eigenvalue weighted by molar-refractivity contribution is 0.0902. The van der Waals surface area contributed by atoms with Gasteiger partial charge >= 0.3 is 0 Å². The molecule has 0 spiro atoms. The molecule has 2 atom stereocenters. The van der Waals surface area contributed by atoms with E-state index in [4.69, 9.17) is 15.6 Å². The second-order valence-electron chi connectivity index (χ2n) is 4.18. The van der Waals surface area contributed by atoms with Crippen molar-refractivity contribution in [1.29, 1.82) is 0 Å². The topological polar surface area (TPSA) is 67.5 Å². The van der Waals surface area contributed by atoms with Gasteiger partial charge in [0.1, 0.15) is 0 Å². The number of aliphatic hydroxyl groups excluding tert-OH is 1. The summed E-state index contributed by atoms with van der Waals surface area (Å²) in [5, 5.41) is 12.0. The molecule has 0 aliphatic heterocycles. The van der Waals surface area contributed by atoms with Crippen LogP contribution in [0.1, 0.15) is 25.7 Å². The Kier molecular flexibility index (Phi) is 6.92. The molecular weight excluding hydrogens is 192 g/mol. The van der Waals surface area contributed by atoms with Crippen LogP contribution in [0.5, 0.6) is 0 Å². The van der Waals surface area contributed by atoms with Crippen molar-refractivity contribution in [3.8, 4) is 0 Å². The van der Waals surface area contributed by atoms with Gasteiger partial charge in [-0.3, -0.25) is 0 Å². The van der Waals surface area contributed by atoms with E-state index in [1.807, 2.05) is 0 Å². The number of rotatable bonds is 8. The minimum Gasteiger partial charge on any atom is -0.394 e. The Morgan fingerprint density at radius 2 is 2.20 bits per heavy atom. The zero-order chi connectivity index (χ0) is 10.9. The SMILES string of the molecule is NCC1CCCC1NCCCOCCO. The summed E-state index contributed by atoms with van der Waals surface area (Å²) in [7, 11) is 0. The summed E-state index contributed by atoms with van der Waals surface area (Å²) in [6, 6.07) is 0.618. The molecule has 0 bridgehead atoms. The summed E-state index contributed by atoms with van der Waals surface area (Å²) in [5.74, 6) is 0.670. The van der Waals surface area contributed by atoms with Crippen molar-refractivity contribution < 1.29 is 9.84 Å². The minimum absolute atomic E-state index is 0.116. The van der Waals surface area contributed by atoms with E-state index in [0.717, 1.165) is 26.1 Å². The van der Waals surface area contributed by atoms with Crippen LogP contribution in [0.2, 0.25) is 0 Å². The third-order valence-electron chi connectivity index (χ3n) is 3.07. The van der Waals surface area contributed by atoms with Crippen LogP contribution in [0, 0.1) is 5.92 Å². The maximum Gasteiger partial charge on any atom is 0.0697 e. The molecular formula is C11H24N2O2. The van der Waals surface area contributed by atoms with Crippen LogP contribution in [-0.2, 0) is 4.74 Å². The zero-order valence-corrected chi connectivity index (χ0v) is 9.45. The van der Waals surface area contributed by atoms with Crippen LogP contribution in [0.25, 0.3) is 0 Å². The predicted molar refractivity (Wildman–Crippen MR) is 60.7 cm³/mol. The van der Waals surface area contributed by atoms with Gasteiger partial charge in [0.05, 0.1) is 13.2 Å². The van der Waals surface area contributed by atoms with Crippen molar-refractivity contribution in [1.82, 2.24) is 5.32 Å². The van der Waals surface area contributed by atoms with Gasteiger partial charge in [-0.05, 0) is 38.3 Å². The molecule has 1 rings (SSSR count). The minimum atomic E-state index is 0.116. The molecule has 4 nitrogen and oxygen atoms in total. The number of aliphatic hydroxyl groups is 1. The quantitative estimate of drug-likeness (QED) is 0.504. The summed E-state index contributed by atoms with van der Waals surface area (Å²) in [4.78, 5) is 0. The van der Waals surface area contributed by atoms with Crippen LogP contribution < -0.4 is 11.1 Å². The van der Waals surface area contributed by atoms with Gasteiger partial charge in [-0.15, -0.1) is 0 Å². The van der Waals surface area contributed by atoms with E-state index in [-0.39, 0.29) is 6.61 Å². The van der Waals surface area contributed by atoms with Gasteiger partial charge in [-0.1, -0.05) is 6.42 Å². The largest absolute Gasteiger partial charge is 0.394 e. The molecule has 1 fully saturated rings. The summed E-state index contributed by atoms with van der Waals surface area (Å²) in [6.07, 6.45) is 4.85. The fraction of sp³-hybridized carbons (Fsp3) is 1.00. The van der Waals surface area contributed by atoms with Gasteiger partial charge in [0.25, 0.3) is 0 Å². The lowest BCUT2D eigenvalue weighted by Crippen LogP contribution is -2.36. The van der Waals surface area contributed by atoms with Crippen molar-refractivity contribution in [2.24, 2.45) is 11.7 Å². The molecule has 1 aliphatic carbocycles. The van der Waals surface area contributed by atoms with E-state index < -0.39 is 0 Å². The number of ether oxygens (including phenoxy) is 1. The average molecular weight is 216 g/mol. The van der Waals surface area contributed by atoms with Crippen LogP contribution in [0.3, 0.4) is 0 Å². The molecule has 0 aromatic carbocycles. The molecule has 4 heteroatoms. The highest BCUT2D eigenvalue weighted by Crippen LogP contribution is 2.24. The Labute approximate surface area is 92.2 Å². The molecule has 2 unspecified atom stereocenters. The lowest BCUT2D eigenvalue weighted by atomic mass is 10.0. The van der Waals surface area contributed by atoms with Crippen molar-refractivity contribution in [3.63, 3.8) is 0 Å². The Hall–Kier alpha value is -0.160. The van der Waals surface area contributed by atoms with Gasteiger partial charge in [0, 0.05) is 12.6 Å². The highest BCUT2D eigenvalue weighted by atomic mass is 16.5. The van der Waals surface area contributed by atoms with E-state index in [1.165, 1.54) is 19.3 Å². The van der Waals surface area contributed by atoms with Gasteiger partial charge < -0.3 is 20.9 Å². The molecule has 0 heterocycles. The highest BCUT2D eigenvalue weighted by Gasteiger charge is 2.24. The Bertz CT molecular complexity index is 156. The van der Waals surface area contributed by atoms with Crippen molar-refractivity contribution in [2.45, 2.75) is 31.7 Å². The van der Waals surface area contributed by atoms with Crippen molar-refractivity contribution in [3.05, 3.63) is 0 Å². The Morgan fingerprint density at radius 3 is 2.93 bits per heavy atom. The lowest BCUT2D eigenvalue weighted by Gasteiger charge is -2.19. The molecule has 0 radical (unpaired) electrons. The smallest absolute Gasteiger partial charge is 0.0697 e. The first-order valence-electron chi connectivity index (χ1n) is 6.00. The standard InChI is InChI=1S/C11H24N2O2/c12-9-10-3-1-4-11(10)13-5-2-7-15-8-6-14/h10-11,13-14H,1-9,12H2. The normalized spacial score (nSPS) is 26.0. The molecule has 15 heavy (non-hydrogen) atoms. The van der Waals surface area contributed by atoms with E-state index >= 15 is 0 Å². The fourth-order valence-corrected chi connectivity index (χ4v) is 2.22. The van der Waals surface area contributed by atoms with E-state index in [0.29, 0.717) is 18.6 Å². The van der Waals surface area contributed by atoms with Crippen molar-refractivity contribution in [2.75, 3.05) is 32.9 Å². The third kappa shape index (κ3) is 4.93. The summed E-state index contributed by atoms with van der Waals surface area (Å²) in [6.45, 7) is 3.10. The first-order valence-corrected chi connectivity index (χ1v) is 6.00. The number of nitrogens with two attached hydrogens (primary N) is 1. The summed E-state index contributed by atoms with van der Waals surface area (Å²) >= 11 is 0. The molecule has 1 aliphatic rings. The highest BCUT2D eigenvalue weighted by molar-refractivity contribution is 4.83. The molecule has 90 valence electrons. The van der Waals surface area contributed by atoms with Crippen LogP contribution in [0.15, 0.2) is 0 Å². The number of nitrogens with one attached hydrogen (secondary N) is 1. The Balaban J connectivity index is 1.95. The molecule has 0 amide bonds. The van der Waals surface area contributed by atoms with Gasteiger partial charge in [0.2, 0.25) is 0 Å². The van der Waals surface area contributed by atoms with E-state index in [1.54, 1.807) is 0 Å². The van der Waals surface area contributed by atoms with Crippen LogP contribution in [-0.4, -0.2) is 44.1 Å². The number of hydrogen-bond donors (Lipinski definition) is 3. The van der Waals surface area contributed by atoms with Crippen LogP contribution in [0.4, 0.5) is 0 Å². The third-order valence-corrected chi connectivity index (χ3v) is 3.07. The second kappa shape index (κ2) is 8.05. The Morgan fingerprint density at radius 1 is 1.33 bits per heavy atom. The molecule has 4 N–H and O–H groups in total. The average Bonchev–Trinajstić information content (AvgIpc) is 2.70.